The van der Waals surface area contributed by atoms with Crippen LogP contribution < -0.4 is 5.32 Å². The SMILES string of the molecule is Oc1ccccc1[C@H]1CC(c2cccs2)=N[C@@H](c2ccc(Br)cc2)N1. The summed E-state index contributed by atoms with van der Waals surface area (Å²) in [5, 5.41) is 15.9. The zero-order chi connectivity index (χ0) is 17.2. The number of nitrogens with zero attached hydrogens (tertiary/aromatic N) is 1. The fourth-order valence-electron chi connectivity index (χ4n) is 3.09. The largest absolute Gasteiger partial charge is 0.508 e. The van der Waals surface area contributed by atoms with Crippen molar-refractivity contribution in [2.75, 3.05) is 0 Å². The molecule has 2 aromatic carbocycles. The Kier molecular flexibility index (Phi) is 4.70. The van der Waals surface area contributed by atoms with E-state index in [9.17, 15) is 5.11 Å². The summed E-state index contributed by atoms with van der Waals surface area (Å²) in [5.41, 5.74) is 3.10. The van der Waals surface area contributed by atoms with E-state index in [0.29, 0.717) is 5.75 Å². The predicted octanol–water partition coefficient (Wildman–Crippen LogP) is 5.44. The van der Waals surface area contributed by atoms with Crippen LogP contribution in [0.25, 0.3) is 0 Å². The van der Waals surface area contributed by atoms with Crippen LogP contribution in [0.2, 0.25) is 0 Å². The summed E-state index contributed by atoms with van der Waals surface area (Å²) in [6.07, 6.45) is 0.619. The topological polar surface area (TPSA) is 44.6 Å². The van der Waals surface area contributed by atoms with Crippen LogP contribution in [0.3, 0.4) is 0 Å². The van der Waals surface area contributed by atoms with E-state index in [1.807, 2.05) is 36.4 Å². The first-order chi connectivity index (χ1) is 12.2. The minimum absolute atomic E-state index is 0.0180. The molecule has 2 heterocycles. The van der Waals surface area contributed by atoms with E-state index in [1.165, 1.54) is 4.88 Å². The van der Waals surface area contributed by atoms with E-state index in [4.69, 9.17) is 4.99 Å². The number of hydrogen-bond acceptors (Lipinski definition) is 4. The number of hydrogen-bond donors (Lipinski definition) is 2. The molecule has 0 radical (unpaired) electrons. The van der Waals surface area contributed by atoms with E-state index >= 15 is 0 Å². The molecule has 0 amide bonds. The average Bonchev–Trinajstić information content (AvgIpc) is 3.17. The van der Waals surface area contributed by atoms with Crippen molar-refractivity contribution in [3.05, 3.63) is 86.5 Å². The van der Waals surface area contributed by atoms with E-state index in [1.54, 1.807) is 17.4 Å². The molecule has 0 saturated heterocycles. The van der Waals surface area contributed by atoms with Crippen LogP contribution in [0.15, 0.2) is 75.5 Å². The molecule has 126 valence electrons. The Morgan fingerprint density at radius 3 is 2.56 bits per heavy atom. The molecule has 0 spiro atoms. The molecule has 1 aliphatic rings. The highest BCUT2D eigenvalue weighted by molar-refractivity contribution is 9.10. The van der Waals surface area contributed by atoms with Gasteiger partial charge in [-0.15, -0.1) is 11.3 Å². The summed E-state index contributed by atoms with van der Waals surface area (Å²) < 4.78 is 1.05. The molecule has 0 fully saturated rings. The van der Waals surface area contributed by atoms with Crippen molar-refractivity contribution < 1.29 is 5.11 Å². The minimum Gasteiger partial charge on any atom is -0.508 e. The van der Waals surface area contributed by atoms with E-state index in [-0.39, 0.29) is 12.2 Å². The van der Waals surface area contributed by atoms with E-state index in [2.05, 4.69) is 44.8 Å². The van der Waals surface area contributed by atoms with Crippen LogP contribution >= 0.6 is 27.3 Å². The predicted molar refractivity (Wildman–Crippen MR) is 106 cm³/mol. The normalized spacial score (nSPS) is 20.3. The van der Waals surface area contributed by atoms with E-state index in [0.717, 1.165) is 27.7 Å². The summed E-state index contributed by atoms with van der Waals surface area (Å²) in [7, 11) is 0. The molecular weight excluding hydrogens is 396 g/mol. The molecule has 3 aromatic rings. The Balaban J connectivity index is 1.74. The minimum atomic E-state index is -0.136. The van der Waals surface area contributed by atoms with Gasteiger partial charge in [0, 0.05) is 27.4 Å². The maximum absolute atomic E-state index is 10.3. The fourth-order valence-corrected chi connectivity index (χ4v) is 4.09. The Bertz CT molecular complexity index is 890. The van der Waals surface area contributed by atoms with Gasteiger partial charge in [0.2, 0.25) is 0 Å². The second-order valence-corrected chi connectivity index (χ2v) is 7.85. The van der Waals surface area contributed by atoms with Crippen LogP contribution in [-0.4, -0.2) is 10.8 Å². The lowest BCUT2D eigenvalue weighted by atomic mass is 9.96. The second kappa shape index (κ2) is 7.12. The first kappa shape index (κ1) is 16.5. The number of para-hydroxylation sites is 1. The van der Waals surface area contributed by atoms with Gasteiger partial charge in [-0.3, -0.25) is 10.3 Å². The highest BCUT2D eigenvalue weighted by Gasteiger charge is 2.27. The van der Waals surface area contributed by atoms with Crippen molar-refractivity contribution in [3.8, 4) is 5.75 Å². The molecule has 0 unspecified atom stereocenters. The van der Waals surface area contributed by atoms with Crippen LogP contribution in [-0.2, 0) is 0 Å². The quantitative estimate of drug-likeness (QED) is 0.601. The third-order valence-corrected chi connectivity index (χ3v) is 5.79. The van der Waals surface area contributed by atoms with Crippen molar-refractivity contribution in [2.24, 2.45) is 4.99 Å². The molecule has 0 aliphatic carbocycles. The highest BCUT2D eigenvalue weighted by atomic mass is 79.9. The van der Waals surface area contributed by atoms with Gasteiger partial charge >= 0.3 is 0 Å². The molecule has 3 nitrogen and oxygen atoms in total. The van der Waals surface area contributed by atoms with Gasteiger partial charge in [0.05, 0.1) is 5.71 Å². The lowest BCUT2D eigenvalue weighted by Crippen LogP contribution is -2.32. The van der Waals surface area contributed by atoms with Crippen LogP contribution in [0.5, 0.6) is 5.75 Å². The second-order valence-electron chi connectivity index (χ2n) is 5.99. The Hall–Kier alpha value is -1.95. The summed E-state index contributed by atoms with van der Waals surface area (Å²) in [5.74, 6) is 0.321. The Morgan fingerprint density at radius 1 is 1.04 bits per heavy atom. The summed E-state index contributed by atoms with van der Waals surface area (Å²) in [6.45, 7) is 0. The van der Waals surface area contributed by atoms with Crippen molar-refractivity contribution in [2.45, 2.75) is 18.6 Å². The monoisotopic (exact) mass is 412 g/mol. The molecule has 1 aliphatic heterocycles. The van der Waals surface area contributed by atoms with Gasteiger partial charge in [-0.05, 0) is 35.2 Å². The van der Waals surface area contributed by atoms with Gasteiger partial charge in [0.1, 0.15) is 11.9 Å². The van der Waals surface area contributed by atoms with Crippen LogP contribution in [0, 0.1) is 0 Å². The van der Waals surface area contributed by atoms with Gasteiger partial charge in [-0.2, -0.15) is 0 Å². The number of halogens is 1. The maximum Gasteiger partial charge on any atom is 0.126 e. The van der Waals surface area contributed by atoms with Crippen molar-refractivity contribution in [1.29, 1.82) is 0 Å². The van der Waals surface area contributed by atoms with E-state index < -0.39 is 0 Å². The molecule has 5 heteroatoms. The Labute approximate surface area is 159 Å². The van der Waals surface area contributed by atoms with Gasteiger partial charge in [-0.25, -0.2) is 0 Å². The number of aliphatic imine (C=N–C) groups is 1. The number of benzene rings is 2. The Morgan fingerprint density at radius 2 is 1.84 bits per heavy atom. The van der Waals surface area contributed by atoms with Gasteiger partial charge in [-0.1, -0.05) is 52.3 Å². The molecule has 0 bridgehead atoms. The molecule has 25 heavy (non-hydrogen) atoms. The summed E-state index contributed by atoms with van der Waals surface area (Å²) >= 11 is 5.19. The number of phenolic OH excluding ortho intramolecular Hbond substituents is 1. The van der Waals surface area contributed by atoms with Crippen molar-refractivity contribution in [3.63, 3.8) is 0 Å². The number of nitrogens with one attached hydrogen (secondary N) is 1. The number of rotatable bonds is 3. The summed E-state index contributed by atoms with van der Waals surface area (Å²) in [6, 6.07) is 19.9. The summed E-state index contributed by atoms with van der Waals surface area (Å²) in [4.78, 5) is 6.13. The number of thiophene rings is 1. The zero-order valence-corrected chi connectivity index (χ0v) is 15.8. The molecule has 4 rings (SSSR count). The fraction of sp³-hybridized carbons (Fsp3) is 0.150. The van der Waals surface area contributed by atoms with Gasteiger partial charge in [0.25, 0.3) is 0 Å². The van der Waals surface area contributed by atoms with Crippen LogP contribution in [0.4, 0.5) is 0 Å². The molecule has 0 saturated carbocycles. The third-order valence-electron chi connectivity index (χ3n) is 4.34. The molecule has 2 N–H and O–H groups in total. The first-order valence-corrected chi connectivity index (χ1v) is 9.78. The zero-order valence-electron chi connectivity index (χ0n) is 13.4. The van der Waals surface area contributed by atoms with Gasteiger partial charge in [0.15, 0.2) is 0 Å². The lowest BCUT2D eigenvalue weighted by Gasteiger charge is -2.30. The van der Waals surface area contributed by atoms with Crippen molar-refractivity contribution >= 4 is 33.0 Å². The molecule has 2 atom stereocenters. The third kappa shape index (κ3) is 3.54. The average molecular weight is 413 g/mol. The number of phenols is 1. The van der Waals surface area contributed by atoms with Crippen molar-refractivity contribution in [1.82, 2.24) is 5.32 Å². The molecular formula is C20H17BrN2OS. The molecule has 1 aromatic heterocycles. The lowest BCUT2D eigenvalue weighted by molar-refractivity contribution is 0.413. The smallest absolute Gasteiger partial charge is 0.126 e. The highest BCUT2D eigenvalue weighted by Crippen LogP contribution is 2.35. The number of aromatic hydroxyl groups is 1. The maximum atomic E-state index is 10.3. The standard InChI is InChI=1S/C20H17BrN2OS/c21-14-9-7-13(8-10-14)20-22-16(15-4-1-2-5-18(15)24)12-17(23-20)19-6-3-11-25-19/h1-11,16,20,22,24H,12H2/t16-,20+/m1/s1. The van der Waals surface area contributed by atoms with Gasteiger partial charge < -0.3 is 5.11 Å². The van der Waals surface area contributed by atoms with Crippen LogP contribution in [0.1, 0.15) is 34.6 Å². The first-order valence-electron chi connectivity index (χ1n) is 8.10.